The van der Waals surface area contributed by atoms with Crippen LogP contribution in [-0.2, 0) is 0 Å². The van der Waals surface area contributed by atoms with Crippen molar-refractivity contribution in [3.63, 3.8) is 0 Å². The SMILES string of the molecule is CCCNC(c1ccc(F)cc1)c1sccc1Cl. The maximum atomic E-state index is 13.0. The molecule has 0 aliphatic heterocycles. The molecule has 18 heavy (non-hydrogen) atoms. The molecule has 2 rings (SSSR count). The van der Waals surface area contributed by atoms with E-state index in [1.54, 1.807) is 23.5 Å². The van der Waals surface area contributed by atoms with Crippen molar-refractivity contribution >= 4 is 22.9 Å². The molecule has 1 N–H and O–H groups in total. The second-order valence-electron chi connectivity index (χ2n) is 4.07. The normalized spacial score (nSPS) is 12.6. The third-order valence-corrected chi connectivity index (χ3v) is 4.13. The Morgan fingerprint density at radius 2 is 2.00 bits per heavy atom. The van der Waals surface area contributed by atoms with Gasteiger partial charge in [0.15, 0.2) is 0 Å². The fourth-order valence-electron chi connectivity index (χ4n) is 1.82. The van der Waals surface area contributed by atoms with Gasteiger partial charge in [-0.15, -0.1) is 11.3 Å². The summed E-state index contributed by atoms with van der Waals surface area (Å²) < 4.78 is 13.0. The molecule has 2 aromatic rings. The Morgan fingerprint density at radius 1 is 1.28 bits per heavy atom. The van der Waals surface area contributed by atoms with Crippen LogP contribution in [0.2, 0.25) is 5.02 Å². The summed E-state index contributed by atoms with van der Waals surface area (Å²) in [6, 6.07) is 8.51. The number of hydrogen-bond donors (Lipinski definition) is 1. The fraction of sp³-hybridized carbons (Fsp3) is 0.286. The Bertz CT molecular complexity index is 495. The lowest BCUT2D eigenvalue weighted by Crippen LogP contribution is -2.22. The summed E-state index contributed by atoms with van der Waals surface area (Å²) in [6.45, 7) is 3.01. The van der Waals surface area contributed by atoms with Crippen molar-refractivity contribution in [2.45, 2.75) is 19.4 Å². The van der Waals surface area contributed by atoms with Crippen LogP contribution in [0.4, 0.5) is 4.39 Å². The molecule has 1 nitrogen and oxygen atoms in total. The molecule has 0 saturated carbocycles. The molecule has 0 amide bonds. The van der Waals surface area contributed by atoms with E-state index in [2.05, 4.69) is 12.2 Å². The number of hydrogen-bond acceptors (Lipinski definition) is 2. The predicted octanol–water partition coefficient (Wildman–Crippen LogP) is 4.63. The van der Waals surface area contributed by atoms with Gasteiger partial charge in [-0.05, 0) is 42.1 Å². The third kappa shape index (κ3) is 3.10. The van der Waals surface area contributed by atoms with Gasteiger partial charge in [-0.2, -0.15) is 0 Å². The highest BCUT2D eigenvalue weighted by molar-refractivity contribution is 7.10. The first-order valence-corrected chi connectivity index (χ1v) is 7.20. The molecule has 0 aliphatic carbocycles. The molecule has 1 atom stereocenters. The van der Waals surface area contributed by atoms with E-state index in [-0.39, 0.29) is 11.9 Å². The maximum absolute atomic E-state index is 13.0. The average molecular weight is 284 g/mol. The van der Waals surface area contributed by atoms with E-state index >= 15 is 0 Å². The molecule has 96 valence electrons. The molecular formula is C14H15ClFNS. The van der Waals surface area contributed by atoms with Crippen molar-refractivity contribution in [3.05, 3.63) is 57.0 Å². The number of benzene rings is 1. The lowest BCUT2D eigenvalue weighted by Gasteiger charge is -2.18. The monoisotopic (exact) mass is 283 g/mol. The zero-order valence-corrected chi connectivity index (χ0v) is 11.7. The van der Waals surface area contributed by atoms with Crippen molar-refractivity contribution in [1.82, 2.24) is 5.32 Å². The zero-order chi connectivity index (χ0) is 13.0. The highest BCUT2D eigenvalue weighted by Crippen LogP contribution is 2.32. The third-order valence-electron chi connectivity index (χ3n) is 2.71. The summed E-state index contributed by atoms with van der Waals surface area (Å²) in [6.07, 6.45) is 1.04. The van der Waals surface area contributed by atoms with Crippen molar-refractivity contribution in [1.29, 1.82) is 0 Å². The highest BCUT2D eigenvalue weighted by Gasteiger charge is 2.17. The molecule has 0 fully saturated rings. The van der Waals surface area contributed by atoms with E-state index in [9.17, 15) is 4.39 Å². The fourth-order valence-corrected chi connectivity index (χ4v) is 3.08. The second kappa shape index (κ2) is 6.32. The predicted molar refractivity (Wildman–Crippen MR) is 75.9 cm³/mol. The van der Waals surface area contributed by atoms with E-state index in [4.69, 9.17) is 11.6 Å². The number of thiophene rings is 1. The molecule has 0 saturated heterocycles. The van der Waals surface area contributed by atoms with Crippen molar-refractivity contribution < 1.29 is 4.39 Å². The van der Waals surface area contributed by atoms with E-state index < -0.39 is 0 Å². The minimum atomic E-state index is -0.217. The van der Waals surface area contributed by atoms with Crippen LogP contribution in [0.5, 0.6) is 0 Å². The van der Waals surface area contributed by atoms with E-state index in [0.29, 0.717) is 0 Å². The molecule has 0 spiro atoms. The largest absolute Gasteiger partial charge is 0.306 e. The maximum Gasteiger partial charge on any atom is 0.123 e. The van der Waals surface area contributed by atoms with Crippen LogP contribution in [0.1, 0.15) is 29.8 Å². The minimum Gasteiger partial charge on any atom is -0.306 e. The Kier molecular flexibility index (Phi) is 4.75. The molecule has 0 aliphatic rings. The summed E-state index contributed by atoms with van der Waals surface area (Å²) in [7, 11) is 0. The Balaban J connectivity index is 2.30. The van der Waals surface area contributed by atoms with Crippen LogP contribution in [-0.4, -0.2) is 6.54 Å². The van der Waals surface area contributed by atoms with Crippen LogP contribution >= 0.6 is 22.9 Å². The molecule has 0 radical (unpaired) electrons. The Hall–Kier alpha value is -0.900. The summed E-state index contributed by atoms with van der Waals surface area (Å²) in [5.74, 6) is -0.217. The number of halogens is 2. The van der Waals surface area contributed by atoms with Crippen LogP contribution < -0.4 is 5.32 Å². The van der Waals surface area contributed by atoms with Gasteiger partial charge >= 0.3 is 0 Å². The molecule has 1 aromatic carbocycles. The second-order valence-corrected chi connectivity index (χ2v) is 5.43. The molecule has 1 aromatic heterocycles. The van der Waals surface area contributed by atoms with Gasteiger partial charge in [-0.1, -0.05) is 30.7 Å². The lowest BCUT2D eigenvalue weighted by atomic mass is 10.1. The van der Waals surface area contributed by atoms with Crippen LogP contribution in [0.25, 0.3) is 0 Å². The average Bonchev–Trinajstić information content (AvgIpc) is 2.78. The summed E-state index contributed by atoms with van der Waals surface area (Å²) >= 11 is 7.81. The molecule has 4 heteroatoms. The van der Waals surface area contributed by atoms with Crippen molar-refractivity contribution in [3.8, 4) is 0 Å². The molecule has 0 bridgehead atoms. The number of nitrogens with one attached hydrogen (secondary N) is 1. The summed E-state index contributed by atoms with van der Waals surface area (Å²) in [4.78, 5) is 1.08. The van der Waals surface area contributed by atoms with Gasteiger partial charge in [0, 0.05) is 4.88 Å². The number of rotatable bonds is 5. The topological polar surface area (TPSA) is 12.0 Å². The molecular weight excluding hydrogens is 269 g/mol. The Labute approximate surface area is 116 Å². The van der Waals surface area contributed by atoms with Crippen LogP contribution in [0.3, 0.4) is 0 Å². The van der Waals surface area contributed by atoms with E-state index in [0.717, 1.165) is 28.4 Å². The van der Waals surface area contributed by atoms with Gasteiger partial charge in [-0.25, -0.2) is 4.39 Å². The van der Waals surface area contributed by atoms with Gasteiger partial charge in [0.25, 0.3) is 0 Å². The van der Waals surface area contributed by atoms with Crippen LogP contribution in [0.15, 0.2) is 35.7 Å². The van der Waals surface area contributed by atoms with Gasteiger partial charge in [0.05, 0.1) is 11.1 Å². The van der Waals surface area contributed by atoms with Crippen LogP contribution in [0, 0.1) is 5.82 Å². The van der Waals surface area contributed by atoms with Gasteiger partial charge in [-0.3, -0.25) is 0 Å². The first-order valence-electron chi connectivity index (χ1n) is 5.94. The van der Waals surface area contributed by atoms with Crippen molar-refractivity contribution in [2.75, 3.05) is 6.54 Å². The quantitative estimate of drug-likeness (QED) is 0.844. The first-order chi connectivity index (χ1) is 8.72. The van der Waals surface area contributed by atoms with Gasteiger partial charge < -0.3 is 5.32 Å². The molecule has 1 unspecified atom stereocenters. The Morgan fingerprint density at radius 3 is 2.56 bits per heavy atom. The lowest BCUT2D eigenvalue weighted by molar-refractivity contribution is 0.599. The van der Waals surface area contributed by atoms with Gasteiger partial charge in [0.2, 0.25) is 0 Å². The zero-order valence-electron chi connectivity index (χ0n) is 10.1. The van der Waals surface area contributed by atoms with Gasteiger partial charge in [0.1, 0.15) is 5.82 Å². The van der Waals surface area contributed by atoms with Crippen molar-refractivity contribution in [2.24, 2.45) is 0 Å². The molecule has 1 heterocycles. The van der Waals surface area contributed by atoms with E-state index in [1.807, 2.05) is 11.4 Å². The van der Waals surface area contributed by atoms with E-state index in [1.165, 1.54) is 12.1 Å². The highest BCUT2D eigenvalue weighted by atomic mass is 35.5. The summed E-state index contributed by atoms with van der Waals surface area (Å²) in [5, 5.41) is 6.19. The minimum absolute atomic E-state index is 0.0399. The smallest absolute Gasteiger partial charge is 0.123 e. The summed E-state index contributed by atoms with van der Waals surface area (Å²) in [5.41, 5.74) is 1.04. The standard InChI is InChI=1S/C14H15ClFNS/c1-2-8-17-13(14-12(15)7-9-18-14)10-3-5-11(16)6-4-10/h3-7,9,13,17H,2,8H2,1H3. The first kappa shape index (κ1) is 13.5.